The zero-order valence-electron chi connectivity index (χ0n) is 18.2. The molecule has 2 aromatic carbocycles. The highest BCUT2D eigenvalue weighted by molar-refractivity contribution is 7.89. The van der Waals surface area contributed by atoms with Crippen LogP contribution in [0.5, 0.6) is 0 Å². The lowest BCUT2D eigenvalue weighted by molar-refractivity contribution is -0.121. The lowest BCUT2D eigenvalue weighted by Gasteiger charge is -2.31. The topological polar surface area (TPSA) is 79.0 Å². The first-order valence-electron chi connectivity index (χ1n) is 11.0. The van der Waals surface area contributed by atoms with E-state index in [4.69, 9.17) is 16.3 Å². The van der Waals surface area contributed by atoms with Gasteiger partial charge in [0, 0.05) is 41.8 Å². The zero-order chi connectivity index (χ0) is 23.4. The first-order chi connectivity index (χ1) is 15.8. The molecule has 7 nitrogen and oxygen atoms in total. The summed E-state index contributed by atoms with van der Waals surface area (Å²) in [6, 6.07) is 11.0. The summed E-state index contributed by atoms with van der Waals surface area (Å²) in [5, 5.41) is 3.26. The van der Waals surface area contributed by atoms with Crippen LogP contribution in [0.4, 0.5) is 10.1 Å². The number of ether oxygens (including phenoxy) is 1. The van der Waals surface area contributed by atoms with Crippen LogP contribution in [-0.4, -0.2) is 62.9 Å². The van der Waals surface area contributed by atoms with Crippen molar-refractivity contribution in [2.45, 2.75) is 24.3 Å². The maximum atomic E-state index is 14.0. The highest BCUT2D eigenvalue weighted by atomic mass is 35.5. The van der Waals surface area contributed by atoms with E-state index >= 15 is 0 Å². The minimum absolute atomic E-state index is 0.0869. The second kappa shape index (κ2) is 10.5. The van der Waals surface area contributed by atoms with Gasteiger partial charge in [-0.25, -0.2) is 12.8 Å². The Labute approximate surface area is 198 Å². The molecule has 4 rings (SSSR count). The fourth-order valence-electron chi connectivity index (χ4n) is 4.13. The van der Waals surface area contributed by atoms with Gasteiger partial charge in [0.25, 0.3) is 0 Å². The third-order valence-electron chi connectivity index (χ3n) is 6.10. The lowest BCUT2D eigenvalue weighted by atomic mass is 9.95. The number of benzene rings is 2. The molecule has 2 heterocycles. The van der Waals surface area contributed by atoms with Crippen molar-refractivity contribution in [2.24, 2.45) is 5.92 Å². The molecule has 0 aromatic heterocycles. The molecule has 2 aliphatic heterocycles. The molecule has 1 N–H and O–H groups in total. The van der Waals surface area contributed by atoms with E-state index in [0.29, 0.717) is 75.1 Å². The number of morpholine rings is 1. The van der Waals surface area contributed by atoms with E-state index in [1.54, 1.807) is 24.3 Å². The van der Waals surface area contributed by atoms with Crippen LogP contribution in [0.3, 0.4) is 0 Å². The van der Waals surface area contributed by atoms with Crippen LogP contribution >= 0.6 is 11.6 Å². The van der Waals surface area contributed by atoms with Crippen LogP contribution < -0.4 is 5.32 Å². The summed E-state index contributed by atoms with van der Waals surface area (Å²) >= 11 is 5.81. The Morgan fingerprint density at radius 1 is 1.06 bits per heavy atom. The molecule has 2 fully saturated rings. The fraction of sp³-hybridized carbons (Fsp3) is 0.435. The van der Waals surface area contributed by atoms with Crippen molar-refractivity contribution in [3.8, 4) is 0 Å². The zero-order valence-corrected chi connectivity index (χ0v) is 19.7. The molecule has 33 heavy (non-hydrogen) atoms. The molecule has 0 unspecified atom stereocenters. The third kappa shape index (κ3) is 5.91. The van der Waals surface area contributed by atoms with E-state index in [1.807, 2.05) is 0 Å². The van der Waals surface area contributed by atoms with Crippen LogP contribution in [0.25, 0.3) is 0 Å². The van der Waals surface area contributed by atoms with Gasteiger partial charge in [0.1, 0.15) is 5.82 Å². The molecule has 2 aliphatic rings. The van der Waals surface area contributed by atoms with Crippen molar-refractivity contribution in [1.82, 2.24) is 9.21 Å². The largest absolute Gasteiger partial charge is 0.379 e. The molecular formula is C23H27ClFN3O4S. The van der Waals surface area contributed by atoms with Gasteiger partial charge in [-0.3, -0.25) is 9.69 Å². The van der Waals surface area contributed by atoms with Crippen molar-refractivity contribution in [1.29, 1.82) is 0 Å². The summed E-state index contributed by atoms with van der Waals surface area (Å²) in [5.74, 6) is -0.550. The van der Waals surface area contributed by atoms with Crippen LogP contribution in [-0.2, 0) is 26.1 Å². The van der Waals surface area contributed by atoms with Crippen molar-refractivity contribution in [3.05, 3.63) is 58.9 Å². The van der Waals surface area contributed by atoms with Crippen molar-refractivity contribution < 1.29 is 22.3 Å². The van der Waals surface area contributed by atoms with Gasteiger partial charge >= 0.3 is 0 Å². The van der Waals surface area contributed by atoms with Gasteiger partial charge in [-0.2, -0.15) is 4.31 Å². The quantitative estimate of drug-likeness (QED) is 0.665. The number of hydrogen-bond donors (Lipinski definition) is 1. The van der Waals surface area contributed by atoms with E-state index < -0.39 is 10.0 Å². The van der Waals surface area contributed by atoms with Gasteiger partial charge < -0.3 is 10.1 Å². The minimum Gasteiger partial charge on any atom is -0.379 e. The summed E-state index contributed by atoms with van der Waals surface area (Å²) in [7, 11) is -3.56. The highest BCUT2D eigenvalue weighted by Crippen LogP contribution is 2.24. The van der Waals surface area contributed by atoms with Gasteiger partial charge in [0.05, 0.1) is 18.1 Å². The monoisotopic (exact) mass is 495 g/mol. The first kappa shape index (κ1) is 24.1. The Morgan fingerprint density at radius 3 is 2.36 bits per heavy atom. The number of carbonyl (C=O) groups excluding carboxylic acids is 1. The Balaban J connectivity index is 1.29. The molecule has 2 aromatic rings. The Bertz CT molecular complexity index is 1080. The van der Waals surface area contributed by atoms with Gasteiger partial charge in [-0.15, -0.1) is 0 Å². The average molecular weight is 496 g/mol. The molecule has 0 spiro atoms. The second-order valence-electron chi connectivity index (χ2n) is 8.32. The standard InChI is InChI=1S/C23H27ClFN3O4S/c24-19-2-1-18(22(25)15-19)16-27-9-7-17(8-10-27)23(29)26-20-3-5-21(6-4-20)33(30,31)28-11-13-32-14-12-28/h1-6,15,17H,7-14,16H2,(H,26,29). The number of nitrogens with zero attached hydrogens (tertiary/aromatic N) is 2. The molecule has 1 amide bonds. The van der Waals surface area contributed by atoms with Crippen LogP contribution in [0.15, 0.2) is 47.4 Å². The SMILES string of the molecule is O=C(Nc1ccc(S(=O)(=O)N2CCOCC2)cc1)C1CCN(Cc2ccc(Cl)cc2F)CC1. The van der Waals surface area contributed by atoms with Crippen molar-refractivity contribution in [2.75, 3.05) is 44.7 Å². The third-order valence-corrected chi connectivity index (χ3v) is 8.25. The Kier molecular flexibility index (Phi) is 7.65. The highest BCUT2D eigenvalue weighted by Gasteiger charge is 2.27. The Morgan fingerprint density at radius 2 is 1.73 bits per heavy atom. The number of anilines is 1. The van der Waals surface area contributed by atoms with E-state index in [1.165, 1.54) is 22.5 Å². The van der Waals surface area contributed by atoms with Crippen LogP contribution in [0, 0.1) is 11.7 Å². The lowest BCUT2D eigenvalue weighted by Crippen LogP contribution is -2.40. The molecule has 0 atom stereocenters. The summed E-state index contributed by atoms with van der Waals surface area (Å²) < 4.78 is 46.1. The maximum absolute atomic E-state index is 14.0. The van der Waals surface area contributed by atoms with Crippen molar-refractivity contribution in [3.63, 3.8) is 0 Å². The number of likely N-dealkylation sites (tertiary alicyclic amines) is 1. The van der Waals surface area contributed by atoms with Crippen molar-refractivity contribution >= 4 is 33.2 Å². The predicted molar refractivity (Wildman–Crippen MR) is 124 cm³/mol. The first-order valence-corrected chi connectivity index (χ1v) is 12.8. The van der Waals surface area contributed by atoms with E-state index in [-0.39, 0.29) is 22.5 Å². The summed E-state index contributed by atoms with van der Waals surface area (Å²) in [5.41, 5.74) is 1.15. The number of piperidine rings is 1. The number of hydrogen-bond acceptors (Lipinski definition) is 5. The van der Waals surface area contributed by atoms with Gasteiger partial charge in [-0.1, -0.05) is 17.7 Å². The summed E-state index contributed by atoms with van der Waals surface area (Å²) in [6.07, 6.45) is 1.34. The molecule has 178 valence electrons. The number of carbonyl (C=O) groups is 1. The molecule has 2 saturated heterocycles. The maximum Gasteiger partial charge on any atom is 0.243 e. The van der Waals surface area contributed by atoms with E-state index in [2.05, 4.69) is 10.2 Å². The summed E-state index contributed by atoms with van der Waals surface area (Å²) in [6.45, 7) is 3.32. The smallest absolute Gasteiger partial charge is 0.243 e. The Hall–Kier alpha value is -2.04. The molecule has 10 heteroatoms. The minimum atomic E-state index is -3.56. The molecule has 0 saturated carbocycles. The summed E-state index contributed by atoms with van der Waals surface area (Å²) in [4.78, 5) is 15.0. The van der Waals surface area contributed by atoms with E-state index in [9.17, 15) is 17.6 Å². The van der Waals surface area contributed by atoms with E-state index in [0.717, 1.165) is 0 Å². The molecule has 0 radical (unpaired) electrons. The number of sulfonamides is 1. The molecular weight excluding hydrogens is 469 g/mol. The predicted octanol–water partition coefficient (Wildman–Crippen LogP) is 3.35. The number of halogens is 2. The van der Waals surface area contributed by atoms with Crippen LogP contribution in [0.2, 0.25) is 5.02 Å². The number of rotatable bonds is 6. The number of amides is 1. The van der Waals surface area contributed by atoms with Gasteiger partial charge in [-0.05, 0) is 62.3 Å². The van der Waals surface area contributed by atoms with Gasteiger partial charge in [0.15, 0.2) is 0 Å². The van der Waals surface area contributed by atoms with Gasteiger partial charge in [0.2, 0.25) is 15.9 Å². The van der Waals surface area contributed by atoms with Crippen LogP contribution in [0.1, 0.15) is 18.4 Å². The average Bonchev–Trinajstić information content (AvgIpc) is 2.82. The fourth-order valence-corrected chi connectivity index (χ4v) is 5.70. The second-order valence-corrected chi connectivity index (χ2v) is 10.7. The molecule has 0 bridgehead atoms. The molecule has 0 aliphatic carbocycles. The number of nitrogens with one attached hydrogen (secondary N) is 1. The normalized spacial score (nSPS) is 18.8.